The van der Waals surface area contributed by atoms with Crippen molar-refractivity contribution in [2.75, 3.05) is 13.1 Å². The van der Waals surface area contributed by atoms with E-state index in [1.54, 1.807) is 0 Å². The van der Waals surface area contributed by atoms with E-state index in [0.29, 0.717) is 5.96 Å². The number of nitrogens with zero attached hydrogens (tertiary/aromatic N) is 1. The third-order valence-corrected chi connectivity index (χ3v) is 2.80. The van der Waals surface area contributed by atoms with Crippen molar-refractivity contribution in [1.82, 2.24) is 5.32 Å². The Kier molecular flexibility index (Phi) is 6.21. The third-order valence-electron chi connectivity index (χ3n) is 2.80. The van der Waals surface area contributed by atoms with Crippen LogP contribution in [0.5, 0.6) is 0 Å². The van der Waals surface area contributed by atoms with Gasteiger partial charge in [-0.15, -0.1) is 0 Å². The van der Waals surface area contributed by atoms with Gasteiger partial charge in [0, 0.05) is 13.1 Å². The molecular weight excluding hydrogens is 186 g/mol. The quantitative estimate of drug-likeness (QED) is 0.367. The maximum atomic E-state index is 5.73. The first kappa shape index (κ1) is 12.3. The zero-order chi connectivity index (χ0) is 10.9. The number of aliphatic imine (C=N–C) groups is 1. The lowest BCUT2D eigenvalue weighted by Gasteiger charge is -2.04. The van der Waals surface area contributed by atoms with Crippen molar-refractivity contribution < 1.29 is 0 Å². The molecule has 0 heterocycles. The molecule has 0 aromatic carbocycles. The molecule has 1 saturated carbocycles. The van der Waals surface area contributed by atoms with Gasteiger partial charge < -0.3 is 11.1 Å². The zero-order valence-corrected chi connectivity index (χ0v) is 9.97. The largest absolute Gasteiger partial charge is 0.370 e. The Bertz CT molecular complexity index is 185. The van der Waals surface area contributed by atoms with E-state index in [9.17, 15) is 0 Å². The van der Waals surface area contributed by atoms with Crippen molar-refractivity contribution in [3.05, 3.63) is 0 Å². The molecule has 0 unspecified atom stereocenters. The SMILES string of the molecule is CCCCCCCNC(N)=NCC1CC1. The molecular formula is C12H25N3. The predicted molar refractivity (Wildman–Crippen MR) is 66.0 cm³/mol. The van der Waals surface area contributed by atoms with E-state index in [-0.39, 0.29) is 0 Å². The molecule has 1 aliphatic carbocycles. The minimum Gasteiger partial charge on any atom is -0.370 e. The maximum Gasteiger partial charge on any atom is 0.188 e. The molecule has 3 nitrogen and oxygen atoms in total. The van der Waals surface area contributed by atoms with Crippen LogP contribution in [-0.2, 0) is 0 Å². The van der Waals surface area contributed by atoms with E-state index in [4.69, 9.17) is 5.73 Å². The molecule has 0 amide bonds. The van der Waals surface area contributed by atoms with Crippen molar-refractivity contribution in [3.8, 4) is 0 Å². The van der Waals surface area contributed by atoms with E-state index in [2.05, 4.69) is 17.2 Å². The fourth-order valence-electron chi connectivity index (χ4n) is 1.53. The Morgan fingerprint density at radius 3 is 2.67 bits per heavy atom. The Morgan fingerprint density at radius 1 is 1.27 bits per heavy atom. The second kappa shape index (κ2) is 7.55. The smallest absolute Gasteiger partial charge is 0.188 e. The first-order valence-corrected chi connectivity index (χ1v) is 6.36. The lowest BCUT2D eigenvalue weighted by molar-refractivity contribution is 0.623. The minimum atomic E-state index is 0.636. The van der Waals surface area contributed by atoms with Gasteiger partial charge in [-0.05, 0) is 25.2 Å². The van der Waals surface area contributed by atoms with Crippen LogP contribution in [0, 0.1) is 5.92 Å². The van der Waals surface area contributed by atoms with Gasteiger partial charge >= 0.3 is 0 Å². The molecule has 0 aromatic heterocycles. The van der Waals surface area contributed by atoms with Gasteiger partial charge in [0.25, 0.3) is 0 Å². The molecule has 15 heavy (non-hydrogen) atoms. The van der Waals surface area contributed by atoms with Gasteiger partial charge in [0.15, 0.2) is 5.96 Å². The Hall–Kier alpha value is -0.730. The van der Waals surface area contributed by atoms with Crippen molar-refractivity contribution >= 4 is 5.96 Å². The summed E-state index contributed by atoms with van der Waals surface area (Å²) in [6.45, 7) is 4.14. The van der Waals surface area contributed by atoms with Crippen LogP contribution >= 0.6 is 0 Å². The standard InChI is InChI=1S/C12H25N3/c1-2-3-4-5-6-9-14-12(13)15-10-11-7-8-11/h11H,2-10H2,1H3,(H3,13,14,15). The van der Waals surface area contributed by atoms with Crippen LogP contribution in [0.3, 0.4) is 0 Å². The molecule has 1 fully saturated rings. The highest BCUT2D eigenvalue weighted by molar-refractivity contribution is 5.77. The summed E-state index contributed by atoms with van der Waals surface area (Å²) in [7, 11) is 0. The topological polar surface area (TPSA) is 50.4 Å². The van der Waals surface area contributed by atoms with Crippen LogP contribution in [0.15, 0.2) is 4.99 Å². The van der Waals surface area contributed by atoms with Crippen molar-refractivity contribution in [3.63, 3.8) is 0 Å². The number of nitrogens with one attached hydrogen (secondary N) is 1. The van der Waals surface area contributed by atoms with E-state index in [0.717, 1.165) is 19.0 Å². The summed E-state index contributed by atoms with van der Waals surface area (Å²) in [6.07, 6.45) is 9.19. The Morgan fingerprint density at radius 2 is 2.00 bits per heavy atom. The Labute approximate surface area is 93.5 Å². The number of hydrogen-bond acceptors (Lipinski definition) is 1. The van der Waals surface area contributed by atoms with Crippen molar-refractivity contribution in [2.45, 2.75) is 51.9 Å². The van der Waals surface area contributed by atoms with Crippen LogP contribution < -0.4 is 11.1 Å². The van der Waals surface area contributed by atoms with E-state index in [1.807, 2.05) is 0 Å². The predicted octanol–water partition coefficient (Wildman–Crippen LogP) is 2.27. The molecule has 1 rings (SSSR count). The monoisotopic (exact) mass is 211 g/mol. The van der Waals surface area contributed by atoms with Gasteiger partial charge in [0.1, 0.15) is 0 Å². The summed E-state index contributed by atoms with van der Waals surface area (Å²) in [5.41, 5.74) is 5.73. The van der Waals surface area contributed by atoms with E-state index >= 15 is 0 Å². The summed E-state index contributed by atoms with van der Waals surface area (Å²) < 4.78 is 0. The lowest BCUT2D eigenvalue weighted by Crippen LogP contribution is -2.32. The van der Waals surface area contributed by atoms with Crippen LogP contribution in [-0.4, -0.2) is 19.0 Å². The van der Waals surface area contributed by atoms with E-state index < -0.39 is 0 Å². The average Bonchev–Trinajstić information content (AvgIpc) is 3.04. The summed E-state index contributed by atoms with van der Waals surface area (Å²) >= 11 is 0. The van der Waals surface area contributed by atoms with Crippen LogP contribution in [0.2, 0.25) is 0 Å². The van der Waals surface area contributed by atoms with Gasteiger partial charge in [-0.3, -0.25) is 4.99 Å². The minimum absolute atomic E-state index is 0.636. The second-order valence-electron chi connectivity index (χ2n) is 4.51. The molecule has 0 aliphatic heterocycles. The average molecular weight is 211 g/mol. The first-order valence-electron chi connectivity index (χ1n) is 6.36. The lowest BCUT2D eigenvalue weighted by atomic mass is 10.1. The van der Waals surface area contributed by atoms with Gasteiger partial charge in [-0.2, -0.15) is 0 Å². The number of hydrogen-bond donors (Lipinski definition) is 2. The second-order valence-corrected chi connectivity index (χ2v) is 4.51. The summed E-state index contributed by atoms with van der Waals surface area (Å²) in [5, 5.41) is 3.17. The highest BCUT2D eigenvalue weighted by atomic mass is 15.1. The fraction of sp³-hybridized carbons (Fsp3) is 0.917. The van der Waals surface area contributed by atoms with Gasteiger partial charge in [0.05, 0.1) is 0 Å². The highest BCUT2D eigenvalue weighted by Crippen LogP contribution is 2.28. The molecule has 88 valence electrons. The molecule has 3 heteroatoms. The van der Waals surface area contributed by atoms with Gasteiger partial charge in [-0.25, -0.2) is 0 Å². The zero-order valence-electron chi connectivity index (χ0n) is 9.97. The number of nitrogens with two attached hydrogens (primary N) is 1. The number of rotatable bonds is 8. The molecule has 0 atom stereocenters. The molecule has 0 aromatic rings. The van der Waals surface area contributed by atoms with Crippen LogP contribution in [0.4, 0.5) is 0 Å². The number of unbranched alkanes of at least 4 members (excludes halogenated alkanes) is 4. The van der Waals surface area contributed by atoms with Crippen molar-refractivity contribution in [1.29, 1.82) is 0 Å². The molecule has 0 bridgehead atoms. The third kappa shape index (κ3) is 7.23. The summed E-state index contributed by atoms with van der Waals surface area (Å²) in [4.78, 5) is 4.30. The molecule has 0 saturated heterocycles. The van der Waals surface area contributed by atoms with Gasteiger partial charge in [0.2, 0.25) is 0 Å². The van der Waals surface area contributed by atoms with E-state index in [1.165, 1.54) is 44.9 Å². The maximum absolute atomic E-state index is 5.73. The highest BCUT2D eigenvalue weighted by Gasteiger charge is 2.20. The molecule has 1 aliphatic rings. The fourth-order valence-corrected chi connectivity index (χ4v) is 1.53. The number of guanidine groups is 1. The molecule has 3 N–H and O–H groups in total. The molecule has 0 spiro atoms. The van der Waals surface area contributed by atoms with Crippen LogP contribution in [0.1, 0.15) is 51.9 Å². The van der Waals surface area contributed by atoms with Gasteiger partial charge in [-0.1, -0.05) is 32.6 Å². The summed E-state index contributed by atoms with van der Waals surface area (Å²) in [5.74, 6) is 1.47. The molecule has 0 radical (unpaired) electrons. The normalized spacial score (nSPS) is 16.7. The first-order chi connectivity index (χ1) is 7.33. The summed E-state index contributed by atoms with van der Waals surface area (Å²) in [6, 6.07) is 0. The van der Waals surface area contributed by atoms with Crippen LogP contribution in [0.25, 0.3) is 0 Å². The Balaban J connectivity index is 1.86. The van der Waals surface area contributed by atoms with Crippen molar-refractivity contribution in [2.24, 2.45) is 16.6 Å².